The van der Waals surface area contributed by atoms with E-state index in [1.807, 2.05) is 49.4 Å². The molecular weight excluding hydrogens is 366 g/mol. The molecule has 2 N–H and O–H groups in total. The number of anilines is 1. The molecule has 0 saturated carbocycles. The van der Waals surface area contributed by atoms with E-state index >= 15 is 0 Å². The molecule has 0 fully saturated rings. The molecule has 7 nitrogen and oxygen atoms in total. The Kier molecular flexibility index (Phi) is 5.03. The summed E-state index contributed by atoms with van der Waals surface area (Å²) in [5.41, 5.74) is 3.19. The smallest absolute Gasteiger partial charge is 0.288 e. The van der Waals surface area contributed by atoms with E-state index < -0.39 is 0 Å². The number of rotatable bonds is 5. The highest BCUT2D eigenvalue weighted by atomic mass is 16.2. The first-order valence-electron chi connectivity index (χ1n) is 9.15. The van der Waals surface area contributed by atoms with Gasteiger partial charge >= 0.3 is 0 Å². The van der Waals surface area contributed by atoms with Gasteiger partial charge in [-0.3, -0.25) is 19.0 Å². The Bertz CT molecular complexity index is 1180. The number of hydrogen-bond acceptors (Lipinski definition) is 4. The molecule has 0 bridgehead atoms. The van der Waals surface area contributed by atoms with E-state index in [2.05, 4.69) is 20.6 Å². The summed E-state index contributed by atoms with van der Waals surface area (Å²) in [7, 11) is 0. The molecule has 144 valence electrons. The van der Waals surface area contributed by atoms with Crippen molar-refractivity contribution in [1.29, 1.82) is 0 Å². The van der Waals surface area contributed by atoms with E-state index in [9.17, 15) is 9.59 Å². The van der Waals surface area contributed by atoms with Crippen LogP contribution in [0.3, 0.4) is 0 Å². The summed E-state index contributed by atoms with van der Waals surface area (Å²) in [6.45, 7) is 2.22. The van der Waals surface area contributed by atoms with E-state index in [1.165, 1.54) is 0 Å². The maximum Gasteiger partial charge on any atom is 0.288 e. The highest BCUT2D eigenvalue weighted by Gasteiger charge is 2.21. The lowest BCUT2D eigenvalue weighted by Gasteiger charge is -2.04. The third kappa shape index (κ3) is 3.98. The summed E-state index contributed by atoms with van der Waals surface area (Å²) in [6.07, 6.45) is 3.38. The minimum absolute atomic E-state index is 0.144. The average molecular weight is 385 g/mol. The Morgan fingerprint density at radius 3 is 2.66 bits per heavy atom. The molecule has 4 rings (SSSR count). The van der Waals surface area contributed by atoms with Gasteiger partial charge in [0, 0.05) is 18.1 Å². The summed E-state index contributed by atoms with van der Waals surface area (Å²) in [4.78, 5) is 34.1. The molecule has 0 radical (unpaired) electrons. The molecule has 2 amide bonds. The number of aryl methyl sites for hydroxylation is 1. The fourth-order valence-corrected chi connectivity index (χ4v) is 3.03. The Labute approximate surface area is 167 Å². The fraction of sp³-hybridized carbons (Fsp3) is 0.0909. The standard InChI is InChI=1S/C22H19N5O2/c1-15-7-6-9-16(13-15)25-21(28)19-18-10-3-5-12-27(18)20(26-19)22(29)24-14-17-8-2-4-11-23-17/h2-13H,14H2,1H3,(H,24,29)(H,25,28). The summed E-state index contributed by atoms with van der Waals surface area (Å²) < 4.78 is 1.61. The molecular formula is C22H19N5O2. The minimum Gasteiger partial charge on any atom is -0.344 e. The van der Waals surface area contributed by atoms with E-state index in [0.29, 0.717) is 11.2 Å². The van der Waals surface area contributed by atoms with Gasteiger partial charge in [0.25, 0.3) is 11.8 Å². The van der Waals surface area contributed by atoms with Gasteiger partial charge in [-0.15, -0.1) is 0 Å². The van der Waals surface area contributed by atoms with Crippen molar-refractivity contribution < 1.29 is 9.59 Å². The van der Waals surface area contributed by atoms with Crippen molar-refractivity contribution in [2.45, 2.75) is 13.5 Å². The number of carbonyl (C=O) groups excluding carboxylic acids is 2. The second-order valence-corrected chi connectivity index (χ2v) is 6.57. The van der Waals surface area contributed by atoms with Crippen LogP contribution in [-0.4, -0.2) is 26.2 Å². The van der Waals surface area contributed by atoms with Crippen LogP contribution in [0.5, 0.6) is 0 Å². The molecule has 0 aliphatic carbocycles. The zero-order chi connectivity index (χ0) is 20.2. The van der Waals surface area contributed by atoms with Gasteiger partial charge in [-0.2, -0.15) is 0 Å². The van der Waals surface area contributed by atoms with E-state index in [0.717, 1.165) is 11.3 Å². The first-order chi connectivity index (χ1) is 14.1. The van der Waals surface area contributed by atoms with Crippen LogP contribution in [0.25, 0.3) is 5.52 Å². The third-order valence-corrected chi connectivity index (χ3v) is 4.40. The number of nitrogens with zero attached hydrogens (tertiary/aromatic N) is 3. The normalized spacial score (nSPS) is 10.7. The zero-order valence-corrected chi connectivity index (χ0v) is 15.8. The maximum absolute atomic E-state index is 12.8. The van der Waals surface area contributed by atoms with Crippen molar-refractivity contribution in [2.24, 2.45) is 0 Å². The topological polar surface area (TPSA) is 88.4 Å². The van der Waals surface area contributed by atoms with Crippen LogP contribution >= 0.6 is 0 Å². The van der Waals surface area contributed by atoms with E-state index in [4.69, 9.17) is 0 Å². The van der Waals surface area contributed by atoms with Crippen LogP contribution in [-0.2, 0) is 6.54 Å². The highest BCUT2D eigenvalue weighted by Crippen LogP contribution is 2.16. The summed E-state index contributed by atoms with van der Waals surface area (Å²) in [5.74, 6) is -0.611. The summed E-state index contributed by atoms with van der Waals surface area (Å²) >= 11 is 0. The number of benzene rings is 1. The Hall–Kier alpha value is -4.00. The van der Waals surface area contributed by atoms with Gasteiger partial charge in [-0.25, -0.2) is 4.98 Å². The Morgan fingerprint density at radius 2 is 1.86 bits per heavy atom. The highest BCUT2D eigenvalue weighted by molar-refractivity contribution is 6.08. The molecule has 0 spiro atoms. The van der Waals surface area contributed by atoms with Crippen LogP contribution in [0.15, 0.2) is 73.1 Å². The van der Waals surface area contributed by atoms with E-state index in [1.54, 1.807) is 35.0 Å². The number of carbonyl (C=O) groups is 2. The largest absolute Gasteiger partial charge is 0.344 e. The third-order valence-electron chi connectivity index (χ3n) is 4.40. The minimum atomic E-state index is -0.383. The number of nitrogens with one attached hydrogen (secondary N) is 2. The van der Waals surface area contributed by atoms with Crippen molar-refractivity contribution in [2.75, 3.05) is 5.32 Å². The molecule has 29 heavy (non-hydrogen) atoms. The van der Waals surface area contributed by atoms with Crippen LogP contribution in [0.4, 0.5) is 5.69 Å². The van der Waals surface area contributed by atoms with Crippen molar-refractivity contribution in [3.63, 3.8) is 0 Å². The lowest BCUT2D eigenvalue weighted by molar-refractivity contribution is 0.0939. The van der Waals surface area contributed by atoms with Gasteiger partial charge in [0.2, 0.25) is 5.82 Å². The van der Waals surface area contributed by atoms with Crippen LogP contribution in [0.1, 0.15) is 32.4 Å². The molecule has 3 heterocycles. The predicted octanol–water partition coefficient (Wildman–Crippen LogP) is 3.22. The molecule has 0 aliphatic rings. The van der Waals surface area contributed by atoms with Gasteiger partial charge < -0.3 is 10.6 Å². The van der Waals surface area contributed by atoms with Crippen molar-refractivity contribution in [3.05, 3.63) is 95.8 Å². The second kappa shape index (κ2) is 7.93. The van der Waals surface area contributed by atoms with Gasteiger partial charge in [0.05, 0.1) is 17.8 Å². The first-order valence-corrected chi connectivity index (χ1v) is 9.15. The number of hydrogen-bond donors (Lipinski definition) is 2. The molecule has 7 heteroatoms. The predicted molar refractivity (Wildman–Crippen MR) is 110 cm³/mol. The summed E-state index contributed by atoms with van der Waals surface area (Å²) in [6, 6.07) is 18.3. The second-order valence-electron chi connectivity index (χ2n) is 6.57. The monoisotopic (exact) mass is 385 g/mol. The summed E-state index contributed by atoms with van der Waals surface area (Å²) in [5, 5.41) is 5.65. The first kappa shape index (κ1) is 18.4. The van der Waals surface area contributed by atoms with Crippen molar-refractivity contribution in [3.8, 4) is 0 Å². The van der Waals surface area contributed by atoms with Crippen LogP contribution < -0.4 is 10.6 Å². The van der Waals surface area contributed by atoms with Gasteiger partial charge in [0.1, 0.15) is 0 Å². The lowest BCUT2D eigenvalue weighted by atomic mass is 10.2. The molecule has 1 aromatic carbocycles. The molecule has 0 aliphatic heterocycles. The Morgan fingerprint density at radius 1 is 1.00 bits per heavy atom. The SMILES string of the molecule is Cc1cccc(NC(=O)c2nc(C(=O)NCc3ccccn3)n3ccccc23)c1. The number of pyridine rings is 2. The molecule has 0 atom stereocenters. The fourth-order valence-electron chi connectivity index (χ4n) is 3.03. The molecule has 0 saturated heterocycles. The molecule has 4 aromatic rings. The number of fused-ring (bicyclic) bond motifs is 1. The van der Waals surface area contributed by atoms with Crippen LogP contribution in [0.2, 0.25) is 0 Å². The zero-order valence-electron chi connectivity index (χ0n) is 15.8. The number of aromatic nitrogens is 3. The quantitative estimate of drug-likeness (QED) is 0.552. The average Bonchev–Trinajstić information content (AvgIpc) is 3.13. The van der Waals surface area contributed by atoms with Crippen molar-refractivity contribution >= 4 is 23.0 Å². The Balaban J connectivity index is 1.61. The molecule has 3 aromatic heterocycles. The van der Waals surface area contributed by atoms with E-state index in [-0.39, 0.29) is 29.9 Å². The van der Waals surface area contributed by atoms with Gasteiger partial charge in [-0.1, -0.05) is 24.3 Å². The van der Waals surface area contributed by atoms with Crippen LogP contribution in [0, 0.1) is 6.92 Å². The van der Waals surface area contributed by atoms with Gasteiger partial charge in [-0.05, 0) is 48.9 Å². The lowest BCUT2D eigenvalue weighted by Crippen LogP contribution is -2.25. The maximum atomic E-state index is 12.8. The molecule has 0 unspecified atom stereocenters. The number of imidazole rings is 1. The number of amides is 2. The van der Waals surface area contributed by atoms with Gasteiger partial charge in [0.15, 0.2) is 5.69 Å². The van der Waals surface area contributed by atoms with Crippen molar-refractivity contribution in [1.82, 2.24) is 19.7 Å².